The molecule has 5 heteroatoms. The molecule has 0 saturated carbocycles. The van der Waals surface area contributed by atoms with Gasteiger partial charge in [-0.3, -0.25) is 0 Å². The maximum absolute atomic E-state index is 10.7. The van der Waals surface area contributed by atoms with Crippen LogP contribution in [0.15, 0.2) is 72.2 Å². The first-order valence-corrected chi connectivity index (χ1v) is 8.91. The highest BCUT2D eigenvalue weighted by Gasteiger charge is 2.05. The van der Waals surface area contributed by atoms with Crippen molar-refractivity contribution in [1.82, 2.24) is 9.38 Å². The molecule has 28 heavy (non-hydrogen) atoms. The number of nitrogens with zero attached hydrogens (tertiary/aromatic N) is 3. The van der Waals surface area contributed by atoms with E-state index in [2.05, 4.69) is 53.6 Å². The summed E-state index contributed by atoms with van der Waals surface area (Å²) >= 11 is 0. The van der Waals surface area contributed by atoms with E-state index >= 15 is 0 Å². The zero-order valence-corrected chi connectivity index (χ0v) is 15.7. The Morgan fingerprint density at radius 1 is 1.00 bits per heavy atom. The lowest BCUT2D eigenvalue weighted by Crippen LogP contribution is -1.86. The van der Waals surface area contributed by atoms with Crippen LogP contribution >= 0.6 is 0 Å². The molecule has 0 radical (unpaired) electrons. The summed E-state index contributed by atoms with van der Waals surface area (Å²) in [5, 5.41) is 2.94. The van der Waals surface area contributed by atoms with Gasteiger partial charge in [0.2, 0.25) is 0 Å². The molecule has 5 nitrogen and oxygen atoms in total. The Bertz CT molecular complexity index is 1170. The fraction of sp³-hybridized carbons (Fsp3) is 0.0870. The maximum atomic E-state index is 10.7. The van der Waals surface area contributed by atoms with E-state index in [9.17, 15) is 4.91 Å². The van der Waals surface area contributed by atoms with Gasteiger partial charge in [0, 0.05) is 29.6 Å². The lowest BCUT2D eigenvalue weighted by molar-refractivity contribution is 0.414. The number of rotatable bonds is 5. The van der Waals surface area contributed by atoms with Gasteiger partial charge >= 0.3 is 0 Å². The number of aryl methyl sites for hydroxylation is 1. The second-order valence-corrected chi connectivity index (χ2v) is 6.57. The Morgan fingerprint density at radius 3 is 2.57 bits per heavy atom. The molecule has 4 rings (SSSR count). The highest BCUT2D eigenvalue weighted by molar-refractivity contribution is 5.75. The summed E-state index contributed by atoms with van der Waals surface area (Å²) in [6.07, 6.45) is 8.07. The lowest BCUT2D eigenvalue weighted by atomic mass is 10.1. The van der Waals surface area contributed by atoms with E-state index in [1.165, 1.54) is 5.56 Å². The van der Waals surface area contributed by atoms with E-state index in [4.69, 9.17) is 4.74 Å². The predicted molar refractivity (Wildman–Crippen MR) is 113 cm³/mol. The molecule has 0 aliphatic carbocycles. The Kier molecular flexibility index (Phi) is 4.72. The van der Waals surface area contributed by atoms with Crippen molar-refractivity contribution in [2.45, 2.75) is 6.92 Å². The lowest BCUT2D eigenvalue weighted by Gasteiger charge is -2.04. The van der Waals surface area contributed by atoms with Crippen LogP contribution in [0.1, 0.15) is 16.7 Å². The first-order valence-electron chi connectivity index (χ1n) is 8.91. The van der Waals surface area contributed by atoms with Gasteiger partial charge in [-0.05, 0) is 41.4 Å². The van der Waals surface area contributed by atoms with Gasteiger partial charge in [0.1, 0.15) is 17.1 Å². The summed E-state index contributed by atoms with van der Waals surface area (Å²) in [5.74, 6) is 0.616. The smallest absolute Gasteiger partial charge is 0.137 e. The molecule has 0 atom stereocenters. The first-order chi connectivity index (χ1) is 13.7. The molecule has 0 N–H and O–H groups in total. The molecule has 0 aliphatic heterocycles. The zero-order valence-electron chi connectivity index (χ0n) is 15.7. The minimum absolute atomic E-state index is 0.348. The maximum Gasteiger partial charge on any atom is 0.137 e. The molecule has 0 fully saturated rings. The predicted octanol–water partition coefficient (Wildman–Crippen LogP) is 5.89. The van der Waals surface area contributed by atoms with E-state index in [1.807, 2.05) is 34.9 Å². The number of aromatic nitrogens is 2. The molecule has 0 spiro atoms. The van der Waals surface area contributed by atoms with E-state index in [0.717, 1.165) is 28.0 Å². The van der Waals surface area contributed by atoms with Crippen molar-refractivity contribution in [3.8, 4) is 17.0 Å². The van der Waals surface area contributed by atoms with Crippen LogP contribution in [0.25, 0.3) is 29.1 Å². The summed E-state index contributed by atoms with van der Waals surface area (Å²) in [6, 6.07) is 17.4. The summed E-state index contributed by atoms with van der Waals surface area (Å²) < 4.78 is 7.37. The Labute approximate surface area is 162 Å². The highest BCUT2D eigenvalue weighted by Crippen LogP contribution is 2.27. The Hall–Kier alpha value is -3.73. The van der Waals surface area contributed by atoms with Crippen molar-refractivity contribution in [3.05, 3.63) is 88.6 Å². The van der Waals surface area contributed by atoms with Gasteiger partial charge in [-0.2, -0.15) is 0 Å². The highest BCUT2D eigenvalue weighted by atomic mass is 16.5. The van der Waals surface area contributed by atoms with E-state index in [1.54, 1.807) is 19.2 Å². The monoisotopic (exact) mass is 369 g/mol. The normalized spacial score (nSPS) is 11.2. The van der Waals surface area contributed by atoms with E-state index in [0.29, 0.717) is 11.4 Å². The van der Waals surface area contributed by atoms with Crippen LogP contribution in [-0.2, 0) is 0 Å². The first kappa shape index (κ1) is 17.7. The zero-order chi connectivity index (χ0) is 19.5. The molecule has 2 aromatic carbocycles. The van der Waals surface area contributed by atoms with Crippen molar-refractivity contribution in [2.24, 2.45) is 5.18 Å². The second kappa shape index (κ2) is 7.48. The van der Waals surface area contributed by atoms with Crippen molar-refractivity contribution in [2.75, 3.05) is 7.11 Å². The van der Waals surface area contributed by atoms with Crippen LogP contribution in [0.3, 0.4) is 0 Å². The van der Waals surface area contributed by atoms with Crippen molar-refractivity contribution < 1.29 is 4.74 Å². The summed E-state index contributed by atoms with van der Waals surface area (Å²) in [5.41, 5.74) is 6.44. The third-order valence-corrected chi connectivity index (χ3v) is 4.58. The molecule has 2 heterocycles. The molecule has 4 aromatic rings. The van der Waals surface area contributed by atoms with Crippen LogP contribution in [0.5, 0.6) is 5.75 Å². The fourth-order valence-corrected chi connectivity index (χ4v) is 3.09. The molecule has 0 saturated heterocycles. The van der Waals surface area contributed by atoms with Crippen LogP contribution in [0.2, 0.25) is 0 Å². The molecule has 138 valence electrons. The number of fused-ring (bicyclic) bond motifs is 1. The fourth-order valence-electron chi connectivity index (χ4n) is 3.09. The van der Waals surface area contributed by atoms with Gasteiger partial charge in [-0.1, -0.05) is 42.5 Å². The van der Waals surface area contributed by atoms with Gasteiger partial charge < -0.3 is 9.14 Å². The topological polar surface area (TPSA) is 56.0 Å². The van der Waals surface area contributed by atoms with Gasteiger partial charge in [0.25, 0.3) is 0 Å². The Morgan fingerprint density at radius 2 is 1.82 bits per heavy atom. The third kappa shape index (κ3) is 3.55. The number of hydrogen-bond acceptors (Lipinski definition) is 4. The van der Waals surface area contributed by atoms with Crippen LogP contribution in [-0.4, -0.2) is 16.5 Å². The van der Waals surface area contributed by atoms with Crippen LogP contribution in [0, 0.1) is 11.8 Å². The SMILES string of the molecule is COc1cc(N=O)ccc1/C=C/c1ccc(-c2cn3cc(C)ccc3n2)cc1. The average molecular weight is 369 g/mol. The van der Waals surface area contributed by atoms with Gasteiger partial charge in [-0.15, -0.1) is 4.91 Å². The molecule has 2 aromatic heterocycles. The number of benzene rings is 2. The van der Waals surface area contributed by atoms with Gasteiger partial charge in [0.05, 0.1) is 12.8 Å². The third-order valence-electron chi connectivity index (χ3n) is 4.58. The van der Waals surface area contributed by atoms with Crippen LogP contribution < -0.4 is 4.74 Å². The standard InChI is InChI=1S/C23H19N3O2/c1-16-3-12-23-24-21(15-26(23)14-16)18-7-4-17(5-8-18)6-9-19-10-11-20(25-27)13-22(19)28-2/h3-15H,1-2H3/b9-6+. The van der Waals surface area contributed by atoms with Crippen molar-refractivity contribution >= 4 is 23.5 Å². The number of pyridine rings is 1. The molecule has 0 amide bonds. The van der Waals surface area contributed by atoms with E-state index in [-0.39, 0.29) is 0 Å². The van der Waals surface area contributed by atoms with Crippen molar-refractivity contribution in [3.63, 3.8) is 0 Å². The number of ether oxygens (including phenoxy) is 1. The molecular formula is C23H19N3O2. The van der Waals surface area contributed by atoms with Gasteiger partial charge in [0.15, 0.2) is 0 Å². The van der Waals surface area contributed by atoms with Gasteiger partial charge in [-0.25, -0.2) is 4.98 Å². The quantitative estimate of drug-likeness (QED) is 0.326. The second-order valence-electron chi connectivity index (χ2n) is 6.57. The molecular weight excluding hydrogens is 350 g/mol. The summed E-state index contributed by atoms with van der Waals surface area (Å²) in [6.45, 7) is 2.07. The average Bonchev–Trinajstić information content (AvgIpc) is 3.15. The molecule has 0 aliphatic rings. The molecule has 0 unspecified atom stereocenters. The summed E-state index contributed by atoms with van der Waals surface area (Å²) in [4.78, 5) is 15.3. The number of hydrogen-bond donors (Lipinski definition) is 0. The summed E-state index contributed by atoms with van der Waals surface area (Å²) in [7, 11) is 1.58. The number of imidazole rings is 1. The van der Waals surface area contributed by atoms with Crippen LogP contribution in [0.4, 0.5) is 5.69 Å². The molecule has 0 bridgehead atoms. The number of nitroso groups, excluding NO2 is 1. The Balaban J connectivity index is 1.57. The van der Waals surface area contributed by atoms with Crippen molar-refractivity contribution in [1.29, 1.82) is 0 Å². The largest absolute Gasteiger partial charge is 0.496 e. The van der Waals surface area contributed by atoms with E-state index < -0.39 is 0 Å². The minimum Gasteiger partial charge on any atom is -0.496 e. The number of methoxy groups -OCH3 is 1. The minimum atomic E-state index is 0.348.